The molecule has 0 unspecified atom stereocenters. The number of hydrogen-bond donors (Lipinski definition) is 1. The molecule has 0 fully saturated rings. The van der Waals surface area contributed by atoms with E-state index >= 15 is 0 Å². The Hall–Kier alpha value is -2.53. The van der Waals surface area contributed by atoms with Crippen molar-refractivity contribution in [1.29, 1.82) is 0 Å². The molecule has 2 aromatic carbocycles. The average molecular weight is 312 g/mol. The monoisotopic (exact) mass is 312 g/mol. The molecule has 0 bridgehead atoms. The molecule has 1 heterocycles. The third kappa shape index (κ3) is 3.20. The molecule has 22 heavy (non-hydrogen) atoms. The lowest BCUT2D eigenvalue weighted by Crippen LogP contribution is -2.08. The van der Waals surface area contributed by atoms with Crippen LogP contribution in [0.4, 0.5) is 10.1 Å². The van der Waals surface area contributed by atoms with Crippen LogP contribution in [0.3, 0.4) is 0 Å². The number of thiazole rings is 1. The third-order valence-corrected chi connectivity index (χ3v) is 4.14. The highest BCUT2D eigenvalue weighted by Crippen LogP contribution is 2.22. The second-order valence-electron chi connectivity index (χ2n) is 4.80. The molecule has 5 heteroatoms. The minimum atomic E-state index is -0.319. The van der Waals surface area contributed by atoms with Crippen molar-refractivity contribution in [2.45, 2.75) is 6.92 Å². The van der Waals surface area contributed by atoms with Gasteiger partial charge in [0, 0.05) is 11.8 Å². The Bertz CT molecular complexity index is 837. The van der Waals surface area contributed by atoms with Gasteiger partial charge in [0.25, 0.3) is 0 Å². The number of benzene rings is 2. The highest BCUT2D eigenvalue weighted by molar-refractivity contribution is 7.19. The number of para-hydroxylation sites is 1. The molecular weight excluding hydrogens is 299 g/mol. The summed E-state index contributed by atoms with van der Waals surface area (Å²) in [5.74, 6) is -0.588. The van der Waals surface area contributed by atoms with Crippen molar-refractivity contribution in [3.8, 4) is 0 Å². The van der Waals surface area contributed by atoms with Gasteiger partial charge in [0.05, 0.1) is 10.2 Å². The first-order valence-corrected chi connectivity index (χ1v) is 7.54. The van der Waals surface area contributed by atoms with Gasteiger partial charge < -0.3 is 5.32 Å². The van der Waals surface area contributed by atoms with Gasteiger partial charge in [-0.25, -0.2) is 9.37 Å². The molecule has 0 aliphatic carbocycles. The largest absolute Gasteiger partial charge is 0.322 e. The molecule has 0 radical (unpaired) electrons. The summed E-state index contributed by atoms with van der Waals surface area (Å²) >= 11 is 1.52. The number of nitrogens with one attached hydrogen (secondary N) is 1. The smallest absolute Gasteiger partial charge is 0.248 e. The van der Waals surface area contributed by atoms with Gasteiger partial charge in [-0.2, -0.15) is 0 Å². The fourth-order valence-electron chi connectivity index (χ4n) is 2.05. The van der Waals surface area contributed by atoms with Crippen LogP contribution in [-0.4, -0.2) is 10.9 Å². The van der Waals surface area contributed by atoms with E-state index in [0.29, 0.717) is 11.3 Å². The van der Waals surface area contributed by atoms with Crippen LogP contribution in [0.1, 0.15) is 10.6 Å². The number of anilines is 1. The SMILES string of the molecule is Cc1cc(F)ccc1NC(=O)C=Cc1nc2ccccc2s1. The van der Waals surface area contributed by atoms with E-state index in [2.05, 4.69) is 10.3 Å². The topological polar surface area (TPSA) is 42.0 Å². The van der Waals surface area contributed by atoms with Crippen molar-refractivity contribution >= 4 is 39.2 Å². The van der Waals surface area contributed by atoms with Crippen LogP contribution in [0.15, 0.2) is 48.5 Å². The first-order chi connectivity index (χ1) is 10.6. The molecule has 1 aromatic heterocycles. The molecule has 3 nitrogen and oxygen atoms in total. The Morgan fingerprint density at radius 1 is 1.27 bits per heavy atom. The van der Waals surface area contributed by atoms with Crippen LogP contribution in [0, 0.1) is 12.7 Å². The van der Waals surface area contributed by atoms with Crippen LogP contribution >= 0.6 is 11.3 Å². The first-order valence-electron chi connectivity index (χ1n) is 6.72. The molecule has 0 aliphatic rings. The molecule has 0 saturated heterocycles. The summed E-state index contributed by atoms with van der Waals surface area (Å²) in [6.45, 7) is 1.75. The first kappa shape index (κ1) is 14.4. The maximum atomic E-state index is 13.0. The van der Waals surface area contributed by atoms with Gasteiger partial charge >= 0.3 is 0 Å². The second-order valence-corrected chi connectivity index (χ2v) is 5.86. The summed E-state index contributed by atoms with van der Waals surface area (Å²) < 4.78 is 14.1. The van der Waals surface area contributed by atoms with Gasteiger partial charge in [0.2, 0.25) is 5.91 Å². The Kier molecular flexibility index (Phi) is 3.98. The van der Waals surface area contributed by atoms with E-state index < -0.39 is 0 Å². The van der Waals surface area contributed by atoms with Crippen molar-refractivity contribution in [2.24, 2.45) is 0 Å². The molecule has 0 spiro atoms. The van der Waals surface area contributed by atoms with E-state index in [-0.39, 0.29) is 11.7 Å². The Morgan fingerprint density at radius 3 is 2.86 bits per heavy atom. The number of hydrogen-bond acceptors (Lipinski definition) is 3. The van der Waals surface area contributed by atoms with E-state index in [1.807, 2.05) is 24.3 Å². The lowest BCUT2D eigenvalue weighted by Gasteiger charge is -2.05. The summed E-state index contributed by atoms with van der Waals surface area (Å²) in [5.41, 5.74) is 2.20. The van der Waals surface area contributed by atoms with E-state index in [4.69, 9.17) is 0 Å². The quantitative estimate of drug-likeness (QED) is 0.729. The van der Waals surface area contributed by atoms with Crippen molar-refractivity contribution in [3.63, 3.8) is 0 Å². The molecule has 110 valence electrons. The zero-order valence-corrected chi connectivity index (χ0v) is 12.7. The maximum Gasteiger partial charge on any atom is 0.248 e. The Balaban J connectivity index is 1.73. The zero-order chi connectivity index (χ0) is 15.5. The van der Waals surface area contributed by atoms with Crippen LogP contribution in [0.5, 0.6) is 0 Å². The number of aromatic nitrogens is 1. The van der Waals surface area contributed by atoms with Gasteiger partial charge in [0.15, 0.2) is 0 Å². The summed E-state index contributed by atoms with van der Waals surface area (Å²) in [4.78, 5) is 16.3. The lowest BCUT2D eigenvalue weighted by atomic mass is 10.2. The number of fused-ring (bicyclic) bond motifs is 1. The molecule has 1 amide bonds. The number of carbonyl (C=O) groups is 1. The lowest BCUT2D eigenvalue weighted by molar-refractivity contribution is -0.111. The van der Waals surface area contributed by atoms with E-state index in [1.54, 1.807) is 19.1 Å². The molecular formula is C17H13FN2OS. The number of aryl methyl sites for hydroxylation is 1. The van der Waals surface area contributed by atoms with E-state index in [0.717, 1.165) is 15.2 Å². The van der Waals surface area contributed by atoms with Crippen LogP contribution < -0.4 is 5.32 Å². The third-order valence-electron chi connectivity index (χ3n) is 3.13. The minimum absolute atomic E-state index is 0.269. The zero-order valence-electron chi connectivity index (χ0n) is 11.8. The average Bonchev–Trinajstić information content (AvgIpc) is 2.91. The predicted octanol–water partition coefficient (Wildman–Crippen LogP) is 4.40. The van der Waals surface area contributed by atoms with Gasteiger partial charge in [-0.3, -0.25) is 4.79 Å². The molecule has 1 N–H and O–H groups in total. The summed E-state index contributed by atoms with van der Waals surface area (Å²) in [6.07, 6.45) is 3.11. The van der Waals surface area contributed by atoms with E-state index in [1.165, 1.54) is 29.5 Å². The molecule has 3 aromatic rings. The number of carbonyl (C=O) groups excluding carboxylic acids is 1. The fraction of sp³-hybridized carbons (Fsp3) is 0.0588. The molecule has 3 rings (SSSR count). The summed E-state index contributed by atoms with van der Waals surface area (Å²) in [6, 6.07) is 12.1. The van der Waals surface area contributed by atoms with Gasteiger partial charge in [-0.05, 0) is 48.9 Å². The van der Waals surface area contributed by atoms with Crippen LogP contribution in [-0.2, 0) is 4.79 Å². The maximum absolute atomic E-state index is 13.0. The molecule has 0 atom stereocenters. The minimum Gasteiger partial charge on any atom is -0.322 e. The standard InChI is InChI=1S/C17H13FN2OS/c1-11-10-12(18)6-7-13(11)19-16(21)8-9-17-20-14-4-2-3-5-15(14)22-17/h2-10H,1H3,(H,19,21). The van der Waals surface area contributed by atoms with Gasteiger partial charge in [-0.15, -0.1) is 11.3 Å². The molecule has 0 aliphatic heterocycles. The van der Waals surface area contributed by atoms with Crippen molar-refractivity contribution in [2.75, 3.05) is 5.32 Å². The fourth-order valence-corrected chi connectivity index (χ4v) is 2.92. The van der Waals surface area contributed by atoms with Crippen molar-refractivity contribution < 1.29 is 9.18 Å². The van der Waals surface area contributed by atoms with Crippen LogP contribution in [0.2, 0.25) is 0 Å². The molecule has 0 saturated carbocycles. The van der Waals surface area contributed by atoms with Crippen molar-refractivity contribution in [3.05, 3.63) is 64.9 Å². The number of halogens is 1. The van der Waals surface area contributed by atoms with E-state index in [9.17, 15) is 9.18 Å². The predicted molar refractivity (Wildman–Crippen MR) is 88.4 cm³/mol. The summed E-state index contributed by atoms with van der Waals surface area (Å²) in [7, 11) is 0. The number of amides is 1. The van der Waals surface area contributed by atoms with Crippen LogP contribution in [0.25, 0.3) is 16.3 Å². The Morgan fingerprint density at radius 2 is 2.09 bits per heavy atom. The highest BCUT2D eigenvalue weighted by atomic mass is 32.1. The highest BCUT2D eigenvalue weighted by Gasteiger charge is 2.04. The number of nitrogens with zero attached hydrogens (tertiary/aromatic N) is 1. The van der Waals surface area contributed by atoms with Gasteiger partial charge in [-0.1, -0.05) is 12.1 Å². The normalized spacial score (nSPS) is 11.2. The van der Waals surface area contributed by atoms with Gasteiger partial charge in [0.1, 0.15) is 10.8 Å². The van der Waals surface area contributed by atoms with Crippen molar-refractivity contribution in [1.82, 2.24) is 4.98 Å². The number of rotatable bonds is 3. The second kappa shape index (κ2) is 6.07. The summed E-state index contributed by atoms with van der Waals surface area (Å²) in [5, 5.41) is 3.50. The Labute approximate surface area is 131 Å².